The van der Waals surface area contributed by atoms with Gasteiger partial charge in [-0.2, -0.15) is 4.31 Å². The lowest BCUT2D eigenvalue weighted by Crippen LogP contribution is -2.36. The Hall–Kier alpha value is -2.39. The van der Waals surface area contributed by atoms with Crippen molar-refractivity contribution in [2.24, 2.45) is 0 Å². The predicted octanol–water partition coefficient (Wildman–Crippen LogP) is 2.07. The van der Waals surface area contributed by atoms with Gasteiger partial charge in [-0.3, -0.25) is 0 Å². The van der Waals surface area contributed by atoms with Gasteiger partial charge in [-0.05, 0) is 38.1 Å². The number of hydrogen-bond donors (Lipinski definition) is 0. The molecule has 136 valence electrons. The van der Waals surface area contributed by atoms with Crippen LogP contribution in [0.2, 0.25) is 0 Å². The van der Waals surface area contributed by atoms with Crippen molar-refractivity contribution in [1.82, 2.24) is 9.29 Å². The van der Waals surface area contributed by atoms with E-state index in [-0.39, 0.29) is 29.1 Å². The van der Waals surface area contributed by atoms with E-state index in [0.29, 0.717) is 5.75 Å². The van der Waals surface area contributed by atoms with Gasteiger partial charge in [0.2, 0.25) is 15.9 Å². The molecule has 0 aliphatic rings. The smallest absolute Gasteiger partial charge is 0.360 e. The summed E-state index contributed by atoms with van der Waals surface area (Å²) in [7, 11) is -1.05. The summed E-state index contributed by atoms with van der Waals surface area (Å²) in [5.74, 6) is 0.0146. The standard InChI is InChI=1S/C16H20N2O6S/c1-11(2)18(9-15-17-14(10-24-15)16(19)23-4)25(20,21)13-7-5-12(22-3)6-8-13/h5-8,10-11H,9H2,1-4H3. The number of esters is 1. The van der Waals surface area contributed by atoms with Crippen LogP contribution in [0.4, 0.5) is 0 Å². The van der Waals surface area contributed by atoms with Crippen LogP contribution in [0, 0.1) is 0 Å². The Labute approximate surface area is 146 Å². The highest BCUT2D eigenvalue weighted by Crippen LogP contribution is 2.23. The summed E-state index contributed by atoms with van der Waals surface area (Å²) >= 11 is 0. The lowest BCUT2D eigenvalue weighted by molar-refractivity contribution is 0.0594. The normalized spacial score (nSPS) is 11.8. The first-order valence-electron chi connectivity index (χ1n) is 7.48. The zero-order valence-corrected chi connectivity index (χ0v) is 15.2. The molecule has 0 atom stereocenters. The Balaban J connectivity index is 2.29. The summed E-state index contributed by atoms with van der Waals surface area (Å²) in [6.45, 7) is 3.37. The molecule has 9 heteroatoms. The molecule has 0 bridgehead atoms. The average Bonchev–Trinajstić information content (AvgIpc) is 3.07. The van der Waals surface area contributed by atoms with Crippen molar-refractivity contribution in [2.45, 2.75) is 31.3 Å². The molecule has 0 amide bonds. The Morgan fingerprint density at radius 3 is 2.40 bits per heavy atom. The monoisotopic (exact) mass is 368 g/mol. The number of rotatable bonds is 7. The third kappa shape index (κ3) is 4.18. The van der Waals surface area contributed by atoms with Crippen LogP contribution in [0.3, 0.4) is 0 Å². The van der Waals surface area contributed by atoms with Crippen molar-refractivity contribution in [3.8, 4) is 5.75 Å². The van der Waals surface area contributed by atoms with E-state index in [1.807, 2.05) is 0 Å². The van der Waals surface area contributed by atoms with Gasteiger partial charge in [-0.1, -0.05) is 0 Å². The van der Waals surface area contributed by atoms with Gasteiger partial charge in [0.1, 0.15) is 12.0 Å². The molecular formula is C16H20N2O6S. The molecule has 2 rings (SSSR count). The summed E-state index contributed by atoms with van der Waals surface area (Å²) in [4.78, 5) is 15.5. The Bertz CT molecular complexity index is 827. The van der Waals surface area contributed by atoms with Crippen molar-refractivity contribution in [3.05, 3.63) is 42.1 Å². The second-order valence-corrected chi connectivity index (χ2v) is 7.33. The maximum Gasteiger partial charge on any atom is 0.360 e. The van der Waals surface area contributed by atoms with Crippen LogP contribution >= 0.6 is 0 Å². The number of methoxy groups -OCH3 is 2. The first-order chi connectivity index (χ1) is 11.8. The van der Waals surface area contributed by atoms with Crippen molar-refractivity contribution in [2.75, 3.05) is 14.2 Å². The molecule has 0 N–H and O–H groups in total. The molecule has 0 saturated carbocycles. The fourth-order valence-corrected chi connectivity index (χ4v) is 3.73. The fraction of sp³-hybridized carbons (Fsp3) is 0.375. The van der Waals surface area contributed by atoms with Crippen LogP contribution in [0.1, 0.15) is 30.2 Å². The number of benzene rings is 1. The fourth-order valence-electron chi connectivity index (χ4n) is 2.14. The van der Waals surface area contributed by atoms with Crippen molar-refractivity contribution < 1.29 is 27.1 Å². The first-order valence-corrected chi connectivity index (χ1v) is 8.92. The molecule has 0 unspecified atom stereocenters. The zero-order valence-electron chi connectivity index (χ0n) is 14.4. The Morgan fingerprint density at radius 2 is 1.88 bits per heavy atom. The summed E-state index contributed by atoms with van der Waals surface area (Å²) in [6.07, 6.45) is 1.14. The third-order valence-corrected chi connectivity index (χ3v) is 5.52. The Kier molecular flexibility index (Phi) is 5.81. The maximum absolute atomic E-state index is 12.9. The number of oxazole rings is 1. The van der Waals surface area contributed by atoms with E-state index < -0.39 is 16.0 Å². The van der Waals surface area contributed by atoms with E-state index >= 15 is 0 Å². The van der Waals surface area contributed by atoms with Crippen molar-refractivity contribution in [3.63, 3.8) is 0 Å². The van der Waals surface area contributed by atoms with Crippen molar-refractivity contribution >= 4 is 16.0 Å². The van der Waals surface area contributed by atoms with Crippen LogP contribution in [-0.4, -0.2) is 43.9 Å². The van der Waals surface area contributed by atoms with E-state index in [1.165, 1.54) is 30.7 Å². The van der Waals surface area contributed by atoms with E-state index in [9.17, 15) is 13.2 Å². The molecule has 1 heterocycles. The number of carbonyl (C=O) groups excluding carboxylic acids is 1. The summed E-state index contributed by atoms with van der Waals surface area (Å²) in [5, 5.41) is 0. The minimum atomic E-state index is -3.78. The molecule has 0 saturated heterocycles. The highest BCUT2D eigenvalue weighted by Gasteiger charge is 2.29. The maximum atomic E-state index is 12.9. The van der Waals surface area contributed by atoms with Crippen LogP contribution in [-0.2, 0) is 21.3 Å². The molecule has 0 radical (unpaired) electrons. The topological polar surface area (TPSA) is 98.9 Å². The van der Waals surface area contributed by atoms with Gasteiger partial charge in [-0.25, -0.2) is 18.2 Å². The molecule has 0 aliphatic heterocycles. The molecule has 0 spiro atoms. The molecule has 8 nitrogen and oxygen atoms in total. The third-order valence-electron chi connectivity index (χ3n) is 3.48. The van der Waals surface area contributed by atoms with Gasteiger partial charge in [0, 0.05) is 6.04 Å². The number of carbonyl (C=O) groups is 1. The van der Waals surface area contributed by atoms with Gasteiger partial charge in [-0.15, -0.1) is 0 Å². The van der Waals surface area contributed by atoms with Gasteiger partial charge in [0.25, 0.3) is 0 Å². The largest absolute Gasteiger partial charge is 0.497 e. The molecule has 0 aliphatic carbocycles. The number of nitrogens with zero attached hydrogens (tertiary/aromatic N) is 2. The molecule has 25 heavy (non-hydrogen) atoms. The van der Waals surface area contributed by atoms with Gasteiger partial charge >= 0.3 is 5.97 Å². The van der Waals surface area contributed by atoms with E-state index in [4.69, 9.17) is 9.15 Å². The molecule has 1 aromatic heterocycles. The zero-order chi connectivity index (χ0) is 18.6. The highest BCUT2D eigenvalue weighted by molar-refractivity contribution is 7.89. The van der Waals surface area contributed by atoms with Crippen LogP contribution in [0.5, 0.6) is 5.75 Å². The summed E-state index contributed by atoms with van der Waals surface area (Å²) in [5.41, 5.74) is -0.0111. The van der Waals surface area contributed by atoms with Crippen molar-refractivity contribution in [1.29, 1.82) is 0 Å². The second kappa shape index (κ2) is 7.66. The summed E-state index contributed by atoms with van der Waals surface area (Å²) < 4.78 is 41.8. The van der Waals surface area contributed by atoms with Gasteiger partial charge in [0.15, 0.2) is 5.69 Å². The SMILES string of the molecule is COC(=O)c1coc(CN(C(C)C)S(=O)(=O)c2ccc(OC)cc2)n1. The average molecular weight is 368 g/mol. The minimum absolute atomic E-state index is 0.0111. The number of sulfonamides is 1. The quantitative estimate of drug-likeness (QED) is 0.690. The lowest BCUT2D eigenvalue weighted by Gasteiger charge is -2.24. The van der Waals surface area contributed by atoms with E-state index in [2.05, 4.69) is 9.72 Å². The number of ether oxygens (including phenoxy) is 2. The Morgan fingerprint density at radius 1 is 1.24 bits per heavy atom. The van der Waals surface area contributed by atoms with E-state index in [0.717, 1.165) is 6.26 Å². The number of hydrogen-bond acceptors (Lipinski definition) is 7. The minimum Gasteiger partial charge on any atom is -0.497 e. The molecule has 0 fully saturated rings. The van der Waals surface area contributed by atoms with E-state index in [1.54, 1.807) is 26.0 Å². The molecular weight excluding hydrogens is 348 g/mol. The van der Waals surface area contributed by atoms with Gasteiger partial charge < -0.3 is 13.9 Å². The van der Waals surface area contributed by atoms with Crippen LogP contribution in [0.25, 0.3) is 0 Å². The second-order valence-electron chi connectivity index (χ2n) is 5.44. The highest BCUT2D eigenvalue weighted by atomic mass is 32.2. The van der Waals surface area contributed by atoms with Crippen LogP contribution < -0.4 is 4.74 Å². The predicted molar refractivity (Wildman–Crippen MR) is 88.7 cm³/mol. The number of aromatic nitrogens is 1. The van der Waals surface area contributed by atoms with Crippen LogP contribution in [0.15, 0.2) is 39.8 Å². The molecule has 2 aromatic rings. The summed E-state index contributed by atoms with van der Waals surface area (Å²) in [6, 6.07) is 5.75. The van der Waals surface area contributed by atoms with Gasteiger partial charge in [0.05, 0.1) is 25.7 Å². The lowest BCUT2D eigenvalue weighted by atomic mass is 10.3. The first kappa shape index (κ1) is 18.9. The molecule has 1 aromatic carbocycles.